The van der Waals surface area contributed by atoms with Crippen LogP contribution in [-0.2, 0) is 17.8 Å². The number of piperazine rings is 1. The van der Waals surface area contributed by atoms with Crippen LogP contribution in [0.25, 0.3) is 0 Å². The molecule has 112 valence electrons. The first-order valence-corrected chi connectivity index (χ1v) is 7.43. The summed E-state index contributed by atoms with van der Waals surface area (Å²) in [6.07, 6.45) is 1.14. The summed E-state index contributed by atoms with van der Waals surface area (Å²) in [6.45, 7) is 7.97. The van der Waals surface area contributed by atoms with Crippen LogP contribution in [0.15, 0.2) is 6.07 Å². The molecule has 0 aromatic carbocycles. The number of aromatic nitrogens is 2. The summed E-state index contributed by atoms with van der Waals surface area (Å²) < 4.78 is 1.93. The molecule has 0 spiro atoms. The number of hydrogen-bond acceptors (Lipinski definition) is 4. The Morgan fingerprint density at radius 2 is 2.15 bits per heavy atom. The van der Waals surface area contributed by atoms with Crippen LogP contribution in [0.3, 0.4) is 0 Å². The van der Waals surface area contributed by atoms with Crippen molar-refractivity contribution in [2.45, 2.75) is 39.3 Å². The minimum Gasteiger partial charge on any atom is -0.304 e. The Hall–Kier alpha value is -1.20. The SMILES string of the molecule is CCn1nc(C)cc1CC(=O)CC1CN(C)CCN1C. The molecule has 0 N–H and O–H groups in total. The standard InChI is InChI=1S/C15H26N4O/c1-5-19-13(8-12(2)16-19)9-15(20)10-14-11-17(3)6-7-18(14)4/h8,14H,5-7,9-11H2,1-4H3. The summed E-state index contributed by atoms with van der Waals surface area (Å²) in [5, 5.41) is 4.40. The van der Waals surface area contributed by atoms with Gasteiger partial charge >= 0.3 is 0 Å². The van der Waals surface area contributed by atoms with Crippen LogP contribution in [0.4, 0.5) is 0 Å². The van der Waals surface area contributed by atoms with E-state index in [1.165, 1.54) is 0 Å². The molecule has 1 saturated heterocycles. The molecule has 2 heterocycles. The molecule has 0 radical (unpaired) electrons. The molecule has 1 aromatic heterocycles. The van der Waals surface area contributed by atoms with Gasteiger partial charge < -0.3 is 9.80 Å². The molecule has 0 aliphatic carbocycles. The van der Waals surface area contributed by atoms with E-state index in [1.54, 1.807) is 0 Å². The zero-order chi connectivity index (χ0) is 14.7. The summed E-state index contributed by atoms with van der Waals surface area (Å²) >= 11 is 0. The topological polar surface area (TPSA) is 41.4 Å². The lowest BCUT2D eigenvalue weighted by Gasteiger charge is -2.37. The summed E-state index contributed by atoms with van der Waals surface area (Å²) in [5.41, 5.74) is 2.03. The van der Waals surface area contributed by atoms with Gasteiger partial charge in [-0.1, -0.05) is 0 Å². The molecule has 1 aromatic rings. The average molecular weight is 278 g/mol. The highest BCUT2D eigenvalue weighted by Gasteiger charge is 2.24. The van der Waals surface area contributed by atoms with Crippen molar-refractivity contribution in [1.82, 2.24) is 19.6 Å². The summed E-state index contributed by atoms with van der Waals surface area (Å²) in [7, 11) is 4.24. The number of hydrogen-bond donors (Lipinski definition) is 0. The average Bonchev–Trinajstić information content (AvgIpc) is 2.74. The molecule has 5 nitrogen and oxygen atoms in total. The molecule has 0 amide bonds. The smallest absolute Gasteiger partial charge is 0.140 e. The third-order valence-corrected chi connectivity index (χ3v) is 4.11. The second-order valence-corrected chi connectivity index (χ2v) is 5.91. The molecule has 5 heteroatoms. The van der Waals surface area contributed by atoms with Crippen molar-refractivity contribution < 1.29 is 4.79 Å². The first-order valence-electron chi connectivity index (χ1n) is 7.43. The van der Waals surface area contributed by atoms with Gasteiger partial charge in [-0.25, -0.2) is 0 Å². The minimum atomic E-state index is 0.312. The summed E-state index contributed by atoms with van der Waals surface area (Å²) in [5.74, 6) is 0.312. The third kappa shape index (κ3) is 3.67. The van der Waals surface area contributed by atoms with E-state index in [-0.39, 0.29) is 0 Å². The molecule has 2 rings (SSSR count). The van der Waals surface area contributed by atoms with Gasteiger partial charge in [0.1, 0.15) is 5.78 Å². The number of nitrogens with zero attached hydrogens (tertiary/aromatic N) is 4. The van der Waals surface area contributed by atoms with Crippen LogP contribution in [0.1, 0.15) is 24.7 Å². The van der Waals surface area contributed by atoms with Crippen molar-refractivity contribution in [2.75, 3.05) is 33.7 Å². The van der Waals surface area contributed by atoms with E-state index in [2.05, 4.69) is 35.9 Å². The van der Waals surface area contributed by atoms with Crippen molar-refractivity contribution >= 4 is 5.78 Å². The van der Waals surface area contributed by atoms with E-state index < -0.39 is 0 Å². The quantitative estimate of drug-likeness (QED) is 0.804. The van der Waals surface area contributed by atoms with Crippen LogP contribution >= 0.6 is 0 Å². The Balaban J connectivity index is 1.94. The molecule has 1 unspecified atom stereocenters. The maximum absolute atomic E-state index is 12.3. The van der Waals surface area contributed by atoms with Crippen LogP contribution in [0, 0.1) is 6.92 Å². The number of aryl methyl sites for hydroxylation is 2. The van der Waals surface area contributed by atoms with Gasteiger partial charge in [0.05, 0.1) is 5.69 Å². The zero-order valence-corrected chi connectivity index (χ0v) is 13.1. The summed E-state index contributed by atoms with van der Waals surface area (Å²) in [6, 6.07) is 2.37. The molecule has 1 aliphatic rings. The largest absolute Gasteiger partial charge is 0.304 e. The van der Waals surface area contributed by atoms with Gasteiger partial charge in [0.25, 0.3) is 0 Å². The Labute approximate surface area is 121 Å². The maximum atomic E-state index is 12.3. The van der Waals surface area contributed by atoms with Gasteiger partial charge in [-0.15, -0.1) is 0 Å². The number of rotatable bonds is 5. The fourth-order valence-electron chi connectivity index (χ4n) is 2.87. The van der Waals surface area contributed by atoms with Crippen LogP contribution in [0.5, 0.6) is 0 Å². The van der Waals surface area contributed by atoms with Crippen molar-refractivity contribution in [2.24, 2.45) is 0 Å². The van der Waals surface area contributed by atoms with Crippen LogP contribution < -0.4 is 0 Å². The van der Waals surface area contributed by atoms with Gasteiger partial charge in [-0.05, 0) is 34.0 Å². The molecular formula is C15H26N4O. The Bertz CT molecular complexity index is 468. The van der Waals surface area contributed by atoms with Crippen molar-refractivity contribution in [3.05, 3.63) is 17.5 Å². The number of carbonyl (C=O) groups excluding carboxylic acids is 1. The predicted octanol–water partition coefficient (Wildman–Crippen LogP) is 0.959. The van der Waals surface area contributed by atoms with Gasteiger partial charge in [-0.3, -0.25) is 9.48 Å². The van der Waals surface area contributed by atoms with E-state index in [0.29, 0.717) is 24.7 Å². The number of ketones is 1. The second kappa shape index (κ2) is 6.50. The van der Waals surface area contributed by atoms with Gasteiger partial charge in [0.2, 0.25) is 0 Å². The van der Waals surface area contributed by atoms with Gasteiger partial charge in [0.15, 0.2) is 0 Å². The van der Waals surface area contributed by atoms with E-state index in [0.717, 1.165) is 37.6 Å². The van der Waals surface area contributed by atoms with E-state index in [1.807, 2.05) is 17.7 Å². The van der Waals surface area contributed by atoms with E-state index in [9.17, 15) is 4.79 Å². The Morgan fingerprint density at radius 3 is 2.85 bits per heavy atom. The van der Waals surface area contributed by atoms with E-state index >= 15 is 0 Å². The highest BCUT2D eigenvalue weighted by molar-refractivity contribution is 5.81. The number of likely N-dealkylation sites (N-methyl/N-ethyl adjacent to an activating group) is 2. The molecule has 1 fully saturated rings. The van der Waals surface area contributed by atoms with Gasteiger partial charge in [0, 0.05) is 50.8 Å². The van der Waals surface area contributed by atoms with Crippen LogP contribution in [-0.4, -0.2) is 65.1 Å². The highest BCUT2D eigenvalue weighted by Crippen LogP contribution is 2.13. The van der Waals surface area contributed by atoms with E-state index in [4.69, 9.17) is 0 Å². The maximum Gasteiger partial charge on any atom is 0.140 e. The molecule has 20 heavy (non-hydrogen) atoms. The monoisotopic (exact) mass is 278 g/mol. The first kappa shape index (κ1) is 15.2. The Morgan fingerprint density at radius 1 is 1.40 bits per heavy atom. The second-order valence-electron chi connectivity index (χ2n) is 5.91. The molecule has 0 bridgehead atoms. The molecule has 0 saturated carbocycles. The molecule has 1 aliphatic heterocycles. The molecule has 1 atom stereocenters. The predicted molar refractivity (Wildman–Crippen MR) is 79.9 cm³/mol. The molecular weight excluding hydrogens is 252 g/mol. The lowest BCUT2D eigenvalue weighted by molar-refractivity contribution is -0.120. The number of Topliss-reactive ketones (excluding diaryl/α,β-unsaturated/α-hetero) is 1. The van der Waals surface area contributed by atoms with Crippen molar-refractivity contribution in [1.29, 1.82) is 0 Å². The highest BCUT2D eigenvalue weighted by atomic mass is 16.1. The zero-order valence-electron chi connectivity index (χ0n) is 13.1. The van der Waals surface area contributed by atoms with Crippen molar-refractivity contribution in [3.63, 3.8) is 0 Å². The third-order valence-electron chi connectivity index (χ3n) is 4.11. The van der Waals surface area contributed by atoms with Crippen LogP contribution in [0.2, 0.25) is 0 Å². The first-order chi connectivity index (χ1) is 9.49. The Kier molecular flexibility index (Phi) is 4.94. The fraction of sp³-hybridized carbons (Fsp3) is 0.733. The normalized spacial score (nSPS) is 21.3. The lowest BCUT2D eigenvalue weighted by atomic mass is 10.0. The fourth-order valence-corrected chi connectivity index (χ4v) is 2.87. The van der Waals surface area contributed by atoms with Gasteiger partial charge in [-0.2, -0.15) is 5.10 Å². The summed E-state index contributed by atoms with van der Waals surface area (Å²) in [4.78, 5) is 16.9. The lowest BCUT2D eigenvalue weighted by Crippen LogP contribution is -2.50. The van der Waals surface area contributed by atoms with Crippen molar-refractivity contribution in [3.8, 4) is 0 Å². The minimum absolute atomic E-state index is 0.312. The number of carbonyl (C=O) groups is 1.